The Kier molecular flexibility index (Phi) is 12.7. The third-order valence-electron chi connectivity index (χ3n) is 6.12. The molecular formula is C26H42N2O5. The first-order valence-corrected chi connectivity index (χ1v) is 12.6. The van der Waals surface area contributed by atoms with E-state index in [1.807, 2.05) is 29.2 Å². The summed E-state index contributed by atoms with van der Waals surface area (Å²) < 4.78 is 11.2. The van der Waals surface area contributed by atoms with E-state index in [4.69, 9.17) is 9.47 Å². The average molecular weight is 463 g/mol. The number of benzene rings is 1. The van der Waals surface area contributed by atoms with Crippen LogP contribution in [-0.2, 0) is 16.0 Å². The quantitative estimate of drug-likeness (QED) is 0.337. The molecule has 1 aromatic carbocycles. The molecule has 0 aliphatic heterocycles. The van der Waals surface area contributed by atoms with Crippen molar-refractivity contribution in [2.45, 2.75) is 90.2 Å². The van der Waals surface area contributed by atoms with E-state index in [9.17, 15) is 14.7 Å². The van der Waals surface area contributed by atoms with Crippen molar-refractivity contribution in [2.24, 2.45) is 0 Å². The highest BCUT2D eigenvalue weighted by Crippen LogP contribution is 2.18. The van der Waals surface area contributed by atoms with Crippen molar-refractivity contribution in [1.82, 2.24) is 10.2 Å². The Morgan fingerprint density at radius 3 is 2.39 bits per heavy atom. The molecule has 1 aliphatic carbocycles. The number of carbonyl (C=O) groups excluding carboxylic acids is 1. The van der Waals surface area contributed by atoms with Gasteiger partial charge < -0.3 is 24.8 Å². The van der Waals surface area contributed by atoms with Gasteiger partial charge in [-0.2, -0.15) is 0 Å². The molecular weight excluding hydrogens is 420 g/mol. The second-order valence-corrected chi connectivity index (χ2v) is 8.81. The smallest absolute Gasteiger partial charge is 0.333 e. The Balaban J connectivity index is 1.82. The molecule has 0 spiro atoms. The van der Waals surface area contributed by atoms with Gasteiger partial charge in [-0.15, -0.1) is 0 Å². The lowest BCUT2D eigenvalue weighted by Crippen LogP contribution is -2.45. The van der Waals surface area contributed by atoms with Crippen LogP contribution in [0.1, 0.15) is 77.2 Å². The molecule has 1 aliphatic rings. The highest BCUT2D eigenvalue weighted by molar-refractivity contribution is 5.74. The summed E-state index contributed by atoms with van der Waals surface area (Å²) in [5, 5.41) is 12.4. The summed E-state index contributed by atoms with van der Waals surface area (Å²) in [4.78, 5) is 26.0. The summed E-state index contributed by atoms with van der Waals surface area (Å²) in [6, 6.07) is 7.74. The molecule has 0 bridgehead atoms. The Morgan fingerprint density at radius 1 is 1.06 bits per heavy atom. The SMILES string of the molecule is CCCCCCCN(CCOc1ccc(CC(OCC)C(=O)O)cc1)C(=O)NC1CCCC1. The fraction of sp³-hybridized carbons (Fsp3) is 0.692. The minimum atomic E-state index is -0.956. The van der Waals surface area contributed by atoms with Crippen molar-refractivity contribution in [3.8, 4) is 5.75 Å². The van der Waals surface area contributed by atoms with Gasteiger partial charge in [0.15, 0.2) is 6.10 Å². The van der Waals surface area contributed by atoms with Crippen LogP contribution in [-0.4, -0.2) is 60.5 Å². The van der Waals surface area contributed by atoms with E-state index in [1.165, 1.54) is 32.1 Å². The van der Waals surface area contributed by atoms with Crippen LogP contribution in [0.3, 0.4) is 0 Å². The number of hydrogen-bond donors (Lipinski definition) is 2. The first kappa shape index (κ1) is 27.0. The second-order valence-electron chi connectivity index (χ2n) is 8.81. The number of carboxylic acids is 1. The molecule has 2 rings (SSSR count). The fourth-order valence-corrected chi connectivity index (χ4v) is 4.19. The van der Waals surface area contributed by atoms with Crippen LogP contribution in [0.25, 0.3) is 0 Å². The number of rotatable bonds is 16. The lowest BCUT2D eigenvalue weighted by molar-refractivity contribution is -0.149. The van der Waals surface area contributed by atoms with Crippen LogP contribution in [0, 0.1) is 0 Å². The molecule has 0 saturated heterocycles. The van der Waals surface area contributed by atoms with Crippen molar-refractivity contribution >= 4 is 12.0 Å². The zero-order valence-electron chi connectivity index (χ0n) is 20.4. The number of carbonyl (C=O) groups is 2. The lowest BCUT2D eigenvalue weighted by Gasteiger charge is -2.25. The van der Waals surface area contributed by atoms with Crippen LogP contribution < -0.4 is 10.1 Å². The Labute approximate surface area is 198 Å². The number of nitrogens with zero attached hydrogens (tertiary/aromatic N) is 1. The minimum absolute atomic E-state index is 0.0203. The maximum atomic E-state index is 12.8. The largest absolute Gasteiger partial charge is 0.492 e. The van der Waals surface area contributed by atoms with Crippen LogP contribution in [0.5, 0.6) is 5.75 Å². The number of amides is 2. The molecule has 1 unspecified atom stereocenters. The summed E-state index contributed by atoms with van der Waals surface area (Å²) in [5.74, 6) is -0.246. The van der Waals surface area contributed by atoms with Gasteiger partial charge in [0.05, 0.1) is 6.54 Å². The molecule has 1 atom stereocenters. The maximum Gasteiger partial charge on any atom is 0.333 e. The molecule has 1 fully saturated rings. The molecule has 1 saturated carbocycles. The predicted molar refractivity (Wildman–Crippen MR) is 130 cm³/mol. The number of unbranched alkanes of at least 4 members (excludes halogenated alkanes) is 4. The summed E-state index contributed by atoms with van der Waals surface area (Å²) >= 11 is 0. The zero-order chi connectivity index (χ0) is 23.9. The zero-order valence-corrected chi connectivity index (χ0v) is 20.4. The van der Waals surface area contributed by atoms with Crippen molar-refractivity contribution in [2.75, 3.05) is 26.3 Å². The van der Waals surface area contributed by atoms with Crippen molar-refractivity contribution in [3.05, 3.63) is 29.8 Å². The van der Waals surface area contributed by atoms with Gasteiger partial charge in [-0.1, -0.05) is 57.6 Å². The molecule has 2 amide bonds. The Morgan fingerprint density at radius 2 is 1.76 bits per heavy atom. The molecule has 7 heteroatoms. The number of urea groups is 1. The number of nitrogens with one attached hydrogen (secondary N) is 1. The summed E-state index contributed by atoms with van der Waals surface area (Å²) in [5.41, 5.74) is 0.882. The minimum Gasteiger partial charge on any atom is -0.492 e. The number of ether oxygens (including phenoxy) is 2. The van der Waals surface area contributed by atoms with Crippen molar-refractivity contribution in [1.29, 1.82) is 0 Å². The van der Waals surface area contributed by atoms with E-state index in [1.54, 1.807) is 6.92 Å². The van der Waals surface area contributed by atoms with Gasteiger partial charge in [-0.25, -0.2) is 9.59 Å². The van der Waals surface area contributed by atoms with Gasteiger partial charge in [-0.3, -0.25) is 0 Å². The highest BCUT2D eigenvalue weighted by atomic mass is 16.5. The fourth-order valence-electron chi connectivity index (χ4n) is 4.19. The van der Waals surface area contributed by atoms with Crippen LogP contribution in [0.4, 0.5) is 4.79 Å². The first-order chi connectivity index (χ1) is 16.0. The van der Waals surface area contributed by atoms with Crippen molar-refractivity contribution in [3.63, 3.8) is 0 Å². The van der Waals surface area contributed by atoms with Gasteiger partial charge in [0.2, 0.25) is 0 Å². The van der Waals surface area contributed by atoms with E-state index < -0.39 is 12.1 Å². The molecule has 7 nitrogen and oxygen atoms in total. The molecule has 186 valence electrons. The van der Waals surface area contributed by atoms with Crippen LogP contribution in [0.15, 0.2) is 24.3 Å². The number of carboxylic acid groups (broad SMARTS) is 1. The average Bonchev–Trinajstić information content (AvgIpc) is 3.31. The third kappa shape index (κ3) is 10.5. The number of aliphatic carboxylic acids is 1. The first-order valence-electron chi connectivity index (χ1n) is 12.6. The molecule has 0 aromatic heterocycles. The Hall–Kier alpha value is -2.28. The number of hydrogen-bond acceptors (Lipinski definition) is 4. The molecule has 0 radical (unpaired) electrons. The molecule has 33 heavy (non-hydrogen) atoms. The van der Waals surface area contributed by atoms with E-state index in [-0.39, 0.29) is 6.03 Å². The van der Waals surface area contributed by atoms with Gasteiger partial charge in [-0.05, 0) is 43.9 Å². The Bertz CT molecular complexity index is 688. The predicted octanol–water partition coefficient (Wildman–Crippen LogP) is 5.02. The van der Waals surface area contributed by atoms with Crippen LogP contribution >= 0.6 is 0 Å². The summed E-state index contributed by atoms with van der Waals surface area (Å²) in [6.07, 6.45) is 9.82. The topological polar surface area (TPSA) is 88.1 Å². The highest BCUT2D eigenvalue weighted by Gasteiger charge is 2.21. The van der Waals surface area contributed by atoms with Gasteiger partial charge in [0.1, 0.15) is 12.4 Å². The molecule has 2 N–H and O–H groups in total. The standard InChI is InChI=1S/C26H42N2O5/c1-3-5-6-7-10-17-28(26(31)27-22-11-8-9-12-22)18-19-33-23-15-13-21(14-16-23)20-24(25(29)30)32-4-2/h13-16,22,24H,3-12,17-20H2,1-2H3,(H,27,31)(H,29,30). The normalized spacial score (nSPS) is 14.7. The monoisotopic (exact) mass is 462 g/mol. The van der Waals surface area contributed by atoms with E-state index in [0.717, 1.165) is 37.8 Å². The van der Waals surface area contributed by atoms with Gasteiger partial charge in [0, 0.05) is 25.6 Å². The van der Waals surface area contributed by atoms with Gasteiger partial charge in [0.25, 0.3) is 0 Å². The molecule has 0 heterocycles. The molecule has 1 aromatic rings. The van der Waals surface area contributed by atoms with Gasteiger partial charge >= 0.3 is 12.0 Å². The third-order valence-corrected chi connectivity index (χ3v) is 6.12. The van der Waals surface area contributed by atoms with Crippen LogP contribution in [0.2, 0.25) is 0 Å². The van der Waals surface area contributed by atoms with E-state index in [2.05, 4.69) is 12.2 Å². The summed E-state index contributed by atoms with van der Waals surface area (Å²) in [7, 11) is 0. The maximum absolute atomic E-state index is 12.8. The van der Waals surface area contributed by atoms with Crippen molar-refractivity contribution < 1.29 is 24.2 Å². The van der Waals surface area contributed by atoms with E-state index in [0.29, 0.717) is 38.0 Å². The van der Waals surface area contributed by atoms with E-state index >= 15 is 0 Å². The second kappa shape index (κ2) is 15.5. The lowest BCUT2D eigenvalue weighted by atomic mass is 10.1. The summed E-state index contributed by atoms with van der Waals surface area (Å²) in [6.45, 7) is 6.06.